The Morgan fingerprint density at radius 2 is 2.20 bits per heavy atom. The third-order valence-corrected chi connectivity index (χ3v) is 5.54. The van der Waals surface area contributed by atoms with E-state index in [1.165, 1.54) is 57.4 Å². The highest BCUT2D eigenvalue weighted by atomic mass is 32.1. The Hall–Kier alpha value is -0.910. The second-order valence-electron chi connectivity index (χ2n) is 6.30. The maximum absolute atomic E-state index is 4.73. The molecule has 108 valence electrons. The maximum atomic E-state index is 4.73. The molecule has 2 aromatic rings. The highest BCUT2D eigenvalue weighted by molar-refractivity contribution is 7.15. The van der Waals surface area contributed by atoms with Crippen LogP contribution in [0.1, 0.15) is 37.8 Å². The van der Waals surface area contributed by atoms with Crippen LogP contribution >= 0.6 is 11.3 Å². The predicted molar refractivity (Wildman–Crippen MR) is 82.2 cm³/mol. The van der Waals surface area contributed by atoms with E-state index in [0.717, 1.165) is 11.5 Å². The molecule has 0 aromatic carbocycles. The molecule has 0 atom stereocenters. The first-order valence-electron chi connectivity index (χ1n) is 7.72. The molecule has 3 heterocycles. The van der Waals surface area contributed by atoms with Crippen LogP contribution in [0.4, 0.5) is 0 Å². The highest BCUT2D eigenvalue weighted by Gasteiger charge is 2.36. The van der Waals surface area contributed by atoms with E-state index in [2.05, 4.69) is 32.4 Å². The Kier molecular flexibility index (Phi) is 3.28. The SMILES string of the molecule is c1cn2cc(CN3CCCNC4(CCCC4)C3)nc2s1. The van der Waals surface area contributed by atoms with E-state index in [1.807, 2.05) is 0 Å². The number of aromatic nitrogens is 2. The molecular weight excluding hydrogens is 268 g/mol. The molecule has 4 nitrogen and oxygen atoms in total. The van der Waals surface area contributed by atoms with Crippen LogP contribution in [0.5, 0.6) is 0 Å². The van der Waals surface area contributed by atoms with Gasteiger partial charge in [-0.2, -0.15) is 0 Å². The van der Waals surface area contributed by atoms with Crippen LogP contribution in [-0.4, -0.2) is 39.5 Å². The summed E-state index contributed by atoms with van der Waals surface area (Å²) in [6.07, 6.45) is 11.0. The topological polar surface area (TPSA) is 32.6 Å². The first kappa shape index (κ1) is 12.8. The lowest BCUT2D eigenvalue weighted by Crippen LogP contribution is -2.49. The fourth-order valence-corrected chi connectivity index (χ4v) is 4.54. The van der Waals surface area contributed by atoms with E-state index < -0.39 is 0 Å². The highest BCUT2D eigenvalue weighted by Crippen LogP contribution is 2.32. The minimum Gasteiger partial charge on any atom is -0.310 e. The summed E-state index contributed by atoms with van der Waals surface area (Å²) in [4.78, 5) is 8.46. The molecule has 1 saturated carbocycles. The van der Waals surface area contributed by atoms with Crippen molar-refractivity contribution in [2.75, 3.05) is 19.6 Å². The van der Waals surface area contributed by atoms with Crippen molar-refractivity contribution in [3.8, 4) is 0 Å². The van der Waals surface area contributed by atoms with Gasteiger partial charge in [-0.05, 0) is 32.4 Å². The average Bonchev–Trinajstić information content (AvgIpc) is 3.07. The maximum Gasteiger partial charge on any atom is 0.193 e. The summed E-state index contributed by atoms with van der Waals surface area (Å²) in [5.41, 5.74) is 1.61. The fourth-order valence-electron chi connectivity index (χ4n) is 3.82. The van der Waals surface area contributed by atoms with E-state index in [1.54, 1.807) is 11.3 Å². The molecule has 0 radical (unpaired) electrons. The van der Waals surface area contributed by atoms with Crippen molar-refractivity contribution in [1.29, 1.82) is 0 Å². The van der Waals surface area contributed by atoms with Crippen LogP contribution in [0.2, 0.25) is 0 Å². The van der Waals surface area contributed by atoms with Gasteiger partial charge in [0.15, 0.2) is 4.96 Å². The summed E-state index contributed by atoms with van der Waals surface area (Å²) in [7, 11) is 0. The predicted octanol–water partition coefficient (Wildman–Crippen LogP) is 2.50. The molecule has 5 heteroatoms. The normalized spacial score (nSPS) is 23.6. The van der Waals surface area contributed by atoms with Crippen molar-refractivity contribution in [2.45, 2.75) is 44.2 Å². The van der Waals surface area contributed by atoms with Gasteiger partial charge in [-0.25, -0.2) is 4.98 Å². The molecule has 1 N–H and O–H groups in total. The van der Waals surface area contributed by atoms with Crippen LogP contribution in [-0.2, 0) is 6.54 Å². The number of nitrogens with zero attached hydrogens (tertiary/aromatic N) is 3. The summed E-state index contributed by atoms with van der Waals surface area (Å²) in [5.74, 6) is 0. The Labute approximate surface area is 123 Å². The lowest BCUT2D eigenvalue weighted by molar-refractivity contribution is 0.202. The van der Waals surface area contributed by atoms with Crippen LogP contribution in [0.15, 0.2) is 17.8 Å². The molecule has 2 aliphatic rings. The summed E-state index contributed by atoms with van der Waals surface area (Å²) in [5, 5.41) is 5.92. The third kappa shape index (κ3) is 2.38. The van der Waals surface area contributed by atoms with E-state index in [4.69, 9.17) is 4.98 Å². The summed E-state index contributed by atoms with van der Waals surface area (Å²) in [6, 6.07) is 0. The average molecular weight is 290 g/mol. The number of nitrogens with one attached hydrogen (secondary N) is 1. The number of imidazole rings is 1. The van der Waals surface area contributed by atoms with Gasteiger partial charge in [-0.1, -0.05) is 12.8 Å². The largest absolute Gasteiger partial charge is 0.310 e. The smallest absolute Gasteiger partial charge is 0.193 e. The minimum absolute atomic E-state index is 0.396. The number of fused-ring (bicyclic) bond motifs is 1. The standard InChI is InChI=1S/C15H22N4S/c1-2-5-15(4-1)12-18(7-3-6-16-15)10-13-11-19-8-9-20-14(19)17-13/h8-9,11,16H,1-7,10,12H2. The number of thiazole rings is 1. The van der Waals surface area contributed by atoms with Crippen molar-refractivity contribution in [1.82, 2.24) is 19.6 Å². The molecule has 0 unspecified atom stereocenters. The zero-order valence-electron chi connectivity index (χ0n) is 11.8. The van der Waals surface area contributed by atoms with Crippen molar-refractivity contribution >= 4 is 16.3 Å². The van der Waals surface area contributed by atoms with E-state index in [9.17, 15) is 0 Å². The molecule has 2 aromatic heterocycles. The lowest BCUT2D eigenvalue weighted by atomic mass is 9.97. The van der Waals surface area contributed by atoms with E-state index in [-0.39, 0.29) is 0 Å². The fraction of sp³-hybridized carbons (Fsp3) is 0.667. The minimum atomic E-state index is 0.396. The Balaban J connectivity index is 1.50. The Bertz CT molecular complexity index is 553. The zero-order chi connectivity index (χ0) is 13.4. The lowest BCUT2D eigenvalue weighted by Gasteiger charge is -2.33. The summed E-state index contributed by atoms with van der Waals surface area (Å²) in [6.45, 7) is 4.56. The molecular formula is C15H22N4S. The van der Waals surface area contributed by atoms with Gasteiger partial charge < -0.3 is 5.32 Å². The van der Waals surface area contributed by atoms with Gasteiger partial charge in [-0.15, -0.1) is 11.3 Å². The molecule has 1 saturated heterocycles. The molecule has 1 aliphatic carbocycles. The third-order valence-electron chi connectivity index (χ3n) is 4.77. The number of hydrogen-bond acceptors (Lipinski definition) is 4. The molecule has 2 fully saturated rings. The molecule has 0 amide bonds. The Morgan fingerprint density at radius 3 is 3.05 bits per heavy atom. The monoisotopic (exact) mass is 290 g/mol. The van der Waals surface area contributed by atoms with Crippen LogP contribution in [0.3, 0.4) is 0 Å². The Morgan fingerprint density at radius 1 is 1.30 bits per heavy atom. The van der Waals surface area contributed by atoms with Crippen molar-refractivity contribution in [3.05, 3.63) is 23.5 Å². The molecule has 1 spiro atoms. The zero-order valence-corrected chi connectivity index (χ0v) is 12.7. The first-order chi connectivity index (χ1) is 9.83. The first-order valence-corrected chi connectivity index (χ1v) is 8.60. The molecule has 1 aliphatic heterocycles. The second kappa shape index (κ2) is 5.13. The van der Waals surface area contributed by atoms with Gasteiger partial charge in [0.05, 0.1) is 5.69 Å². The summed E-state index contributed by atoms with van der Waals surface area (Å²) >= 11 is 1.71. The van der Waals surface area contributed by atoms with Crippen LogP contribution < -0.4 is 5.32 Å². The van der Waals surface area contributed by atoms with E-state index >= 15 is 0 Å². The van der Waals surface area contributed by atoms with Gasteiger partial charge in [0.2, 0.25) is 0 Å². The van der Waals surface area contributed by atoms with E-state index in [0.29, 0.717) is 5.54 Å². The molecule has 4 rings (SSSR count). The van der Waals surface area contributed by atoms with Gasteiger partial charge >= 0.3 is 0 Å². The van der Waals surface area contributed by atoms with Crippen molar-refractivity contribution < 1.29 is 0 Å². The quantitative estimate of drug-likeness (QED) is 0.922. The van der Waals surface area contributed by atoms with Gasteiger partial charge in [0.25, 0.3) is 0 Å². The number of hydrogen-bond donors (Lipinski definition) is 1. The van der Waals surface area contributed by atoms with Gasteiger partial charge in [-0.3, -0.25) is 9.30 Å². The van der Waals surface area contributed by atoms with Crippen molar-refractivity contribution in [3.63, 3.8) is 0 Å². The van der Waals surface area contributed by atoms with Gasteiger partial charge in [0.1, 0.15) is 0 Å². The second-order valence-corrected chi connectivity index (χ2v) is 7.18. The number of rotatable bonds is 2. The molecule has 0 bridgehead atoms. The van der Waals surface area contributed by atoms with Crippen molar-refractivity contribution in [2.24, 2.45) is 0 Å². The van der Waals surface area contributed by atoms with Gasteiger partial charge in [0, 0.05) is 36.4 Å². The molecule has 20 heavy (non-hydrogen) atoms. The van der Waals surface area contributed by atoms with Crippen LogP contribution in [0, 0.1) is 0 Å². The van der Waals surface area contributed by atoms with Crippen LogP contribution in [0.25, 0.3) is 4.96 Å². The summed E-state index contributed by atoms with van der Waals surface area (Å²) < 4.78 is 2.14.